The molecule has 7 nitrogen and oxygen atoms in total. The molecule has 0 bridgehead atoms. The molecule has 1 heterocycles. The zero-order chi connectivity index (χ0) is 22.6. The molecule has 166 valence electrons. The molecule has 0 radical (unpaired) electrons. The Kier molecular flexibility index (Phi) is 7.07. The van der Waals surface area contributed by atoms with Crippen LogP contribution < -0.4 is 10.6 Å². The summed E-state index contributed by atoms with van der Waals surface area (Å²) in [4.78, 5) is 24.5. The molecular weight excluding hydrogens is 421 g/mol. The van der Waals surface area contributed by atoms with Crippen LogP contribution in [0.3, 0.4) is 0 Å². The maximum absolute atomic E-state index is 13.2. The van der Waals surface area contributed by atoms with E-state index in [2.05, 4.69) is 10.6 Å². The third-order valence-electron chi connectivity index (χ3n) is 5.32. The maximum Gasteiger partial charge on any atom is 0.309 e. The lowest BCUT2D eigenvalue weighted by molar-refractivity contribution is -0.139. The molecule has 1 aliphatic rings. The van der Waals surface area contributed by atoms with Gasteiger partial charge in [-0.15, -0.1) is 0 Å². The van der Waals surface area contributed by atoms with Crippen molar-refractivity contribution in [2.45, 2.75) is 44.2 Å². The number of nitrogens with zero attached hydrogens (tertiary/aromatic N) is 1. The van der Waals surface area contributed by atoms with Crippen molar-refractivity contribution in [1.29, 1.82) is 0 Å². The van der Waals surface area contributed by atoms with E-state index in [-0.39, 0.29) is 23.8 Å². The summed E-state index contributed by atoms with van der Waals surface area (Å²) in [6, 6.07) is 10.4. The second-order valence-corrected chi connectivity index (χ2v) is 9.56. The van der Waals surface area contributed by atoms with Gasteiger partial charge in [-0.25, -0.2) is 12.8 Å². The molecule has 31 heavy (non-hydrogen) atoms. The van der Waals surface area contributed by atoms with Crippen molar-refractivity contribution in [1.82, 2.24) is 14.9 Å². The zero-order valence-corrected chi connectivity index (χ0v) is 18.3. The van der Waals surface area contributed by atoms with E-state index in [0.29, 0.717) is 30.5 Å². The molecule has 2 aromatic rings. The quantitative estimate of drug-likeness (QED) is 0.663. The van der Waals surface area contributed by atoms with Crippen molar-refractivity contribution in [3.8, 4) is 0 Å². The lowest BCUT2D eigenvalue weighted by Crippen LogP contribution is -2.46. The number of hydrogen-bond donors (Lipinski definition) is 2. The van der Waals surface area contributed by atoms with E-state index in [4.69, 9.17) is 0 Å². The zero-order valence-electron chi connectivity index (χ0n) is 17.5. The van der Waals surface area contributed by atoms with Crippen LogP contribution in [0.4, 0.5) is 4.39 Å². The molecule has 3 rings (SSSR count). The van der Waals surface area contributed by atoms with Crippen LogP contribution in [0.15, 0.2) is 47.4 Å². The third kappa shape index (κ3) is 5.48. The van der Waals surface area contributed by atoms with E-state index in [1.807, 2.05) is 13.0 Å². The van der Waals surface area contributed by atoms with Crippen LogP contribution in [0.1, 0.15) is 29.5 Å². The lowest BCUT2D eigenvalue weighted by atomic mass is 10.2. The van der Waals surface area contributed by atoms with Crippen LogP contribution in [0.5, 0.6) is 0 Å². The summed E-state index contributed by atoms with van der Waals surface area (Å²) >= 11 is 0. The summed E-state index contributed by atoms with van der Waals surface area (Å²) in [7, 11) is -3.71. The number of hydrogen-bond acceptors (Lipinski definition) is 4. The fourth-order valence-corrected chi connectivity index (χ4v) is 5.60. The number of benzene rings is 2. The average molecular weight is 448 g/mol. The second kappa shape index (κ2) is 9.57. The van der Waals surface area contributed by atoms with Gasteiger partial charge >= 0.3 is 11.8 Å². The van der Waals surface area contributed by atoms with Crippen LogP contribution in [-0.2, 0) is 26.2 Å². The van der Waals surface area contributed by atoms with E-state index in [1.165, 1.54) is 28.6 Å². The van der Waals surface area contributed by atoms with Crippen LogP contribution in [0.25, 0.3) is 0 Å². The van der Waals surface area contributed by atoms with E-state index >= 15 is 0 Å². The van der Waals surface area contributed by atoms with Gasteiger partial charge in [-0.2, -0.15) is 4.31 Å². The highest BCUT2D eigenvalue weighted by atomic mass is 32.2. The van der Waals surface area contributed by atoms with Crippen molar-refractivity contribution < 1.29 is 22.4 Å². The summed E-state index contributed by atoms with van der Waals surface area (Å²) in [5, 5.41) is 5.00. The molecule has 2 aromatic carbocycles. The molecule has 1 fully saturated rings. The summed E-state index contributed by atoms with van der Waals surface area (Å²) < 4.78 is 40.7. The monoisotopic (exact) mass is 447 g/mol. The first-order valence-electron chi connectivity index (χ1n) is 10.1. The molecule has 1 saturated heterocycles. The first kappa shape index (κ1) is 22.9. The maximum atomic E-state index is 13.2. The summed E-state index contributed by atoms with van der Waals surface area (Å²) in [6.45, 7) is 4.10. The average Bonchev–Trinajstić information content (AvgIpc) is 3.22. The van der Waals surface area contributed by atoms with Gasteiger partial charge in [-0.3, -0.25) is 9.59 Å². The van der Waals surface area contributed by atoms with Gasteiger partial charge < -0.3 is 10.6 Å². The van der Waals surface area contributed by atoms with Gasteiger partial charge in [-0.05, 0) is 61.6 Å². The SMILES string of the molecule is Cc1ccc(C)c(S(=O)(=O)N2CCCC2CNC(=O)C(=O)NCc2ccc(F)cc2)c1. The fraction of sp³-hybridized carbons (Fsp3) is 0.364. The van der Waals surface area contributed by atoms with Gasteiger partial charge in [0, 0.05) is 25.7 Å². The van der Waals surface area contributed by atoms with E-state index in [0.717, 1.165) is 5.56 Å². The number of halogens is 1. The summed E-state index contributed by atoms with van der Waals surface area (Å²) in [5.41, 5.74) is 2.18. The number of carbonyl (C=O) groups is 2. The van der Waals surface area contributed by atoms with Gasteiger partial charge in [0.2, 0.25) is 10.0 Å². The first-order valence-corrected chi connectivity index (χ1v) is 11.5. The number of nitrogens with one attached hydrogen (secondary N) is 2. The Morgan fingerprint density at radius 1 is 1.06 bits per heavy atom. The largest absolute Gasteiger partial charge is 0.346 e. The highest BCUT2D eigenvalue weighted by molar-refractivity contribution is 7.89. The Labute approximate surface area is 181 Å². The lowest BCUT2D eigenvalue weighted by Gasteiger charge is -2.25. The molecule has 1 unspecified atom stereocenters. The Balaban J connectivity index is 1.59. The number of sulfonamides is 1. The molecule has 0 aliphatic carbocycles. The number of rotatable bonds is 6. The van der Waals surface area contributed by atoms with E-state index in [1.54, 1.807) is 19.1 Å². The second-order valence-electron chi connectivity index (χ2n) is 7.70. The first-order chi connectivity index (χ1) is 14.7. The van der Waals surface area contributed by atoms with Crippen molar-refractivity contribution in [3.05, 3.63) is 65.0 Å². The van der Waals surface area contributed by atoms with Crippen molar-refractivity contribution >= 4 is 21.8 Å². The van der Waals surface area contributed by atoms with Crippen LogP contribution in [-0.4, -0.2) is 43.7 Å². The van der Waals surface area contributed by atoms with E-state index in [9.17, 15) is 22.4 Å². The Morgan fingerprint density at radius 2 is 1.74 bits per heavy atom. The minimum absolute atomic E-state index is 0.0485. The Morgan fingerprint density at radius 3 is 2.45 bits per heavy atom. The predicted octanol–water partition coefficient (Wildman–Crippen LogP) is 2.03. The molecule has 0 spiro atoms. The van der Waals surface area contributed by atoms with Crippen LogP contribution >= 0.6 is 0 Å². The molecule has 0 saturated carbocycles. The van der Waals surface area contributed by atoms with E-state index < -0.39 is 27.9 Å². The summed E-state index contributed by atoms with van der Waals surface area (Å²) in [5.74, 6) is -2.05. The van der Waals surface area contributed by atoms with Crippen LogP contribution in [0.2, 0.25) is 0 Å². The molecule has 2 amide bonds. The van der Waals surface area contributed by atoms with Crippen molar-refractivity contribution in [3.63, 3.8) is 0 Å². The minimum atomic E-state index is -3.71. The molecule has 2 N–H and O–H groups in total. The highest BCUT2D eigenvalue weighted by Gasteiger charge is 2.36. The van der Waals surface area contributed by atoms with Gasteiger partial charge in [0.15, 0.2) is 0 Å². The fourth-order valence-electron chi connectivity index (χ4n) is 3.60. The number of amides is 2. The standard InChI is InChI=1S/C22H26FN3O4S/c1-15-5-6-16(2)20(12-15)31(29,30)26-11-3-4-19(26)14-25-22(28)21(27)24-13-17-7-9-18(23)10-8-17/h5-10,12,19H,3-4,11,13-14H2,1-2H3,(H,24,27)(H,25,28). The van der Waals surface area contributed by atoms with Gasteiger partial charge in [0.25, 0.3) is 0 Å². The van der Waals surface area contributed by atoms with Gasteiger partial charge in [0.05, 0.1) is 4.90 Å². The molecular formula is C22H26FN3O4S. The number of aryl methyl sites for hydroxylation is 2. The Hall–Kier alpha value is -2.78. The van der Waals surface area contributed by atoms with Crippen LogP contribution in [0, 0.1) is 19.7 Å². The van der Waals surface area contributed by atoms with Gasteiger partial charge in [-0.1, -0.05) is 24.3 Å². The highest BCUT2D eigenvalue weighted by Crippen LogP contribution is 2.28. The predicted molar refractivity (Wildman–Crippen MR) is 114 cm³/mol. The molecule has 1 aliphatic heterocycles. The van der Waals surface area contributed by atoms with Crippen molar-refractivity contribution in [2.24, 2.45) is 0 Å². The number of carbonyl (C=O) groups excluding carboxylic acids is 2. The molecule has 9 heteroatoms. The topological polar surface area (TPSA) is 95.6 Å². The Bertz CT molecular complexity index is 1070. The minimum Gasteiger partial charge on any atom is -0.346 e. The molecule has 1 atom stereocenters. The molecule has 0 aromatic heterocycles. The smallest absolute Gasteiger partial charge is 0.309 e. The normalized spacial score (nSPS) is 16.8. The van der Waals surface area contributed by atoms with Gasteiger partial charge in [0.1, 0.15) is 5.82 Å². The summed E-state index contributed by atoms with van der Waals surface area (Å²) in [6.07, 6.45) is 1.28. The van der Waals surface area contributed by atoms with Crippen molar-refractivity contribution in [2.75, 3.05) is 13.1 Å². The third-order valence-corrected chi connectivity index (χ3v) is 7.42.